The van der Waals surface area contributed by atoms with Crippen molar-refractivity contribution in [2.24, 2.45) is 0 Å². The fourth-order valence-electron chi connectivity index (χ4n) is 2.01. The van der Waals surface area contributed by atoms with Crippen molar-refractivity contribution in [1.29, 1.82) is 0 Å². The van der Waals surface area contributed by atoms with Gasteiger partial charge in [0.1, 0.15) is 12.4 Å². The highest BCUT2D eigenvalue weighted by molar-refractivity contribution is 5.80. The molecule has 1 aromatic rings. The summed E-state index contributed by atoms with van der Waals surface area (Å²) in [7, 11) is 0. The number of rotatable bonds is 9. The molecule has 0 spiro atoms. The van der Waals surface area contributed by atoms with Crippen molar-refractivity contribution < 1.29 is 9.53 Å². The maximum Gasteiger partial charge on any atom is 0.153 e. The number of carbonyl (C=O) groups excluding carboxylic acids is 1. The number of para-hydroxylation sites is 1. The van der Waals surface area contributed by atoms with Crippen LogP contribution in [0, 0.1) is 0 Å². The van der Waals surface area contributed by atoms with Gasteiger partial charge in [0.15, 0.2) is 6.29 Å². The summed E-state index contributed by atoms with van der Waals surface area (Å²) < 4.78 is 5.83. The molecule has 3 heteroatoms. The third-order valence-corrected chi connectivity index (χ3v) is 3.17. The number of ether oxygens (including phenoxy) is 1. The van der Waals surface area contributed by atoms with Gasteiger partial charge in [-0.25, -0.2) is 0 Å². The Balaban J connectivity index is 2.74. The summed E-state index contributed by atoms with van der Waals surface area (Å²) in [5, 5.41) is 0. The van der Waals surface area contributed by atoms with Gasteiger partial charge < -0.3 is 9.64 Å². The van der Waals surface area contributed by atoms with Crippen molar-refractivity contribution >= 4 is 6.29 Å². The maximum atomic E-state index is 11.1. The lowest BCUT2D eigenvalue weighted by atomic mass is 10.1. The average Bonchev–Trinajstić information content (AvgIpc) is 2.45. The molecule has 1 rings (SSSR count). The molecule has 0 unspecified atom stereocenters. The van der Waals surface area contributed by atoms with Crippen LogP contribution in [0.5, 0.6) is 5.75 Å². The second-order valence-corrected chi connectivity index (χ2v) is 4.32. The molecule has 19 heavy (non-hydrogen) atoms. The zero-order chi connectivity index (χ0) is 14.1. The van der Waals surface area contributed by atoms with E-state index in [2.05, 4.69) is 25.3 Å². The Kier molecular flexibility index (Phi) is 6.90. The van der Waals surface area contributed by atoms with Crippen LogP contribution in [-0.4, -0.2) is 37.4 Å². The van der Waals surface area contributed by atoms with Gasteiger partial charge in [-0.1, -0.05) is 32.1 Å². The predicted molar refractivity (Wildman–Crippen MR) is 79.0 cm³/mol. The number of likely N-dealkylation sites (N-methyl/N-ethyl adjacent to an activating group) is 1. The van der Waals surface area contributed by atoms with Crippen LogP contribution in [0.25, 0.3) is 0 Å². The Bertz CT molecular complexity index is 411. The summed E-state index contributed by atoms with van der Waals surface area (Å²) in [4.78, 5) is 13.4. The maximum absolute atomic E-state index is 11.1. The zero-order valence-electron chi connectivity index (χ0n) is 11.9. The summed E-state index contributed by atoms with van der Waals surface area (Å²) in [5.41, 5.74) is 1.62. The number of carbonyl (C=O) groups is 1. The molecule has 104 valence electrons. The molecule has 1 aromatic carbocycles. The molecule has 0 aliphatic carbocycles. The van der Waals surface area contributed by atoms with E-state index in [9.17, 15) is 4.79 Å². The summed E-state index contributed by atoms with van der Waals surface area (Å²) in [6.07, 6.45) is 3.38. The molecular weight excluding hydrogens is 238 g/mol. The lowest BCUT2D eigenvalue weighted by molar-refractivity contribution is 0.111. The molecule has 0 heterocycles. The first-order valence-electron chi connectivity index (χ1n) is 6.79. The van der Waals surface area contributed by atoms with Gasteiger partial charge in [-0.2, -0.15) is 0 Å². The number of nitrogens with zero attached hydrogens (tertiary/aromatic N) is 1. The highest BCUT2D eigenvalue weighted by Crippen LogP contribution is 2.23. The first-order chi connectivity index (χ1) is 9.26. The quantitative estimate of drug-likeness (QED) is 0.505. The third-order valence-electron chi connectivity index (χ3n) is 3.17. The Morgan fingerprint density at radius 3 is 2.63 bits per heavy atom. The fourth-order valence-corrected chi connectivity index (χ4v) is 2.01. The highest BCUT2D eigenvalue weighted by atomic mass is 16.5. The minimum absolute atomic E-state index is 0.594. The third kappa shape index (κ3) is 4.52. The SMILES string of the molecule is C=CCc1cccc(C=O)c1OCCN(CC)CC. The molecule has 0 radical (unpaired) electrons. The first kappa shape index (κ1) is 15.4. The van der Waals surface area contributed by atoms with Crippen LogP contribution in [-0.2, 0) is 6.42 Å². The molecule has 0 aromatic heterocycles. The van der Waals surface area contributed by atoms with Crippen molar-refractivity contribution in [2.75, 3.05) is 26.2 Å². The number of hydrogen-bond donors (Lipinski definition) is 0. The molecule has 0 fully saturated rings. The lowest BCUT2D eigenvalue weighted by Gasteiger charge is -2.19. The van der Waals surface area contributed by atoms with Gasteiger partial charge in [-0.05, 0) is 31.1 Å². The van der Waals surface area contributed by atoms with Crippen LogP contribution in [0.4, 0.5) is 0 Å². The van der Waals surface area contributed by atoms with E-state index in [4.69, 9.17) is 4.74 Å². The first-order valence-corrected chi connectivity index (χ1v) is 6.79. The molecule has 0 aliphatic heterocycles. The molecule has 0 atom stereocenters. The van der Waals surface area contributed by atoms with Crippen LogP contribution in [0.2, 0.25) is 0 Å². The summed E-state index contributed by atoms with van der Waals surface area (Å²) >= 11 is 0. The van der Waals surface area contributed by atoms with E-state index < -0.39 is 0 Å². The van der Waals surface area contributed by atoms with Gasteiger partial charge in [-0.3, -0.25) is 4.79 Å². The Labute approximate surface area is 115 Å². The van der Waals surface area contributed by atoms with Crippen LogP contribution in [0.1, 0.15) is 29.8 Å². The Morgan fingerprint density at radius 1 is 1.32 bits per heavy atom. The van der Waals surface area contributed by atoms with Gasteiger partial charge in [-0.15, -0.1) is 6.58 Å². The largest absolute Gasteiger partial charge is 0.491 e. The zero-order valence-corrected chi connectivity index (χ0v) is 11.9. The number of hydrogen-bond acceptors (Lipinski definition) is 3. The standard InChI is InChI=1S/C16H23NO2/c1-4-8-14-9-7-10-15(13-18)16(14)19-12-11-17(5-2)6-3/h4,7,9-10,13H,1,5-6,8,11-12H2,2-3H3. The van der Waals surface area contributed by atoms with Gasteiger partial charge in [0.05, 0.1) is 5.56 Å². The van der Waals surface area contributed by atoms with Crippen molar-refractivity contribution in [3.8, 4) is 5.75 Å². The number of aldehydes is 1. The van der Waals surface area contributed by atoms with Crippen LogP contribution >= 0.6 is 0 Å². The van der Waals surface area contributed by atoms with Crippen LogP contribution in [0.15, 0.2) is 30.9 Å². The van der Waals surface area contributed by atoms with Gasteiger partial charge >= 0.3 is 0 Å². The molecule has 0 saturated carbocycles. The smallest absolute Gasteiger partial charge is 0.153 e. The van der Waals surface area contributed by atoms with E-state index in [-0.39, 0.29) is 0 Å². The van der Waals surface area contributed by atoms with Gasteiger partial charge in [0.25, 0.3) is 0 Å². The Morgan fingerprint density at radius 2 is 2.05 bits per heavy atom. The average molecular weight is 261 g/mol. The van der Waals surface area contributed by atoms with Gasteiger partial charge in [0, 0.05) is 6.54 Å². The minimum atomic E-state index is 0.594. The molecule has 3 nitrogen and oxygen atoms in total. The van der Waals surface area contributed by atoms with E-state index in [0.29, 0.717) is 24.3 Å². The van der Waals surface area contributed by atoms with Crippen molar-refractivity contribution in [3.63, 3.8) is 0 Å². The molecule has 0 N–H and O–H groups in total. The number of allylic oxidation sites excluding steroid dienone is 1. The van der Waals surface area contributed by atoms with E-state index in [1.54, 1.807) is 6.07 Å². The van der Waals surface area contributed by atoms with E-state index in [0.717, 1.165) is 31.5 Å². The molecule has 0 amide bonds. The fraction of sp³-hybridized carbons (Fsp3) is 0.438. The summed E-state index contributed by atoms with van der Waals surface area (Å²) in [5.74, 6) is 0.699. The second kappa shape index (κ2) is 8.48. The molecule has 0 bridgehead atoms. The Hall–Kier alpha value is -1.61. The molecule has 0 aliphatic rings. The van der Waals surface area contributed by atoms with E-state index >= 15 is 0 Å². The molecule has 0 saturated heterocycles. The normalized spacial score (nSPS) is 10.5. The van der Waals surface area contributed by atoms with Crippen molar-refractivity contribution in [1.82, 2.24) is 4.90 Å². The minimum Gasteiger partial charge on any atom is -0.491 e. The lowest BCUT2D eigenvalue weighted by Crippen LogP contribution is -2.28. The molecular formula is C16H23NO2. The summed E-state index contributed by atoms with van der Waals surface area (Å²) in [6.45, 7) is 11.5. The topological polar surface area (TPSA) is 29.5 Å². The van der Waals surface area contributed by atoms with E-state index in [1.165, 1.54) is 0 Å². The van der Waals surface area contributed by atoms with Crippen molar-refractivity contribution in [2.45, 2.75) is 20.3 Å². The van der Waals surface area contributed by atoms with E-state index in [1.807, 2.05) is 18.2 Å². The monoisotopic (exact) mass is 261 g/mol. The van der Waals surface area contributed by atoms with Crippen LogP contribution < -0.4 is 4.74 Å². The summed E-state index contributed by atoms with van der Waals surface area (Å²) in [6, 6.07) is 5.63. The van der Waals surface area contributed by atoms with Crippen LogP contribution in [0.3, 0.4) is 0 Å². The second-order valence-electron chi connectivity index (χ2n) is 4.32. The predicted octanol–water partition coefficient (Wildman–Crippen LogP) is 2.95. The van der Waals surface area contributed by atoms with Gasteiger partial charge in [0.2, 0.25) is 0 Å². The highest BCUT2D eigenvalue weighted by Gasteiger charge is 2.09. The van der Waals surface area contributed by atoms with Crippen molar-refractivity contribution in [3.05, 3.63) is 42.0 Å². The number of benzene rings is 1.